The molecule has 0 heterocycles. The summed E-state index contributed by atoms with van der Waals surface area (Å²) in [4.78, 5) is 0. The maximum atomic E-state index is 8.58. The first-order valence-corrected chi connectivity index (χ1v) is 22.7. The van der Waals surface area contributed by atoms with E-state index in [4.69, 9.17) is 96.3 Å². The molecule has 0 aromatic heterocycles. The van der Waals surface area contributed by atoms with E-state index in [0.29, 0.717) is 0 Å². The molecule has 0 rings (SSSR count). The van der Waals surface area contributed by atoms with Gasteiger partial charge in [-0.15, -0.1) is 0 Å². The third-order valence-electron chi connectivity index (χ3n) is 0. The molecular weight excluding hydrogens is 1280 g/mol. The van der Waals surface area contributed by atoms with Gasteiger partial charge in [-0.2, -0.15) is 0 Å². The van der Waals surface area contributed by atoms with Crippen LogP contribution in [0.5, 0.6) is 0 Å². The summed E-state index contributed by atoms with van der Waals surface area (Å²) in [5.74, 6) is 0. The fourth-order valence-corrected chi connectivity index (χ4v) is 0. The van der Waals surface area contributed by atoms with Crippen LogP contribution in [0.25, 0.3) is 0 Å². The number of hydrogen-bond acceptors (Lipinski definition) is 27. The van der Waals surface area contributed by atoms with E-state index >= 15 is 0 Å². The SMILES string of the molecule is [Al+3].[Al+3].[Co+2].[Co+2].[Ni+2].[Ni+2].[O]=[Ti]([O-])[O-].[O]=[Ti]([O-])[O-].[O]=[Ti]([O-])[O-].[O]=[Ti]([O-])[O-].[O]=[Ti]([O-])[O-].[O]=[Ti]([O-])[O-].[O]=[Ti]([O-])[O-].[O]=[Ti]([O-])[O-].[O]=[Ti]([O-])[O-].[Zn+2].[Zn+2]. The normalized spacial score (nSPS) is 5.32. The molecule has 0 atom stereocenters. The summed E-state index contributed by atoms with van der Waals surface area (Å²) in [6, 6.07) is 0. The molecule has 0 spiro atoms. The molecule has 0 aliphatic heterocycles. The van der Waals surface area contributed by atoms with Crippen molar-refractivity contribution in [3.05, 3.63) is 0 Å². The van der Waals surface area contributed by atoms with Gasteiger partial charge in [-0.1, -0.05) is 0 Å². The van der Waals surface area contributed by atoms with Gasteiger partial charge in [0.15, 0.2) is 0 Å². The van der Waals surface area contributed by atoms with E-state index in [9.17, 15) is 0 Å². The van der Waals surface area contributed by atoms with Crippen LogP contribution in [0.3, 0.4) is 0 Å². The molecule has 0 aliphatic carbocycles. The minimum Gasteiger partial charge on any atom is 2.00 e. The van der Waals surface area contributed by atoms with Gasteiger partial charge in [-0.3, -0.25) is 0 Å². The Morgan fingerprint density at radius 3 is 0.227 bits per heavy atom. The van der Waals surface area contributed by atoms with E-state index in [0.717, 1.165) is 0 Å². The zero-order valence-electron chi connectivity index (χ0n) is 19.4. The van der Waals surface area contributed by atoms with Crippen LogP contribution in [0.4, 0.5) is 0 Å². The molecule has 0 saturated heterocycles. The largest absolute Gasteiger partial charge is 2.00 e. The van der Waals surface area contributed by atoms with Crippen molar-refractivity contribution in [1.82, 2.24) is 0 Å². The van der Waals surface area contributed by atoms with Crippen molar-refractivity contribution in [3.8, 4) is 0 Å². The summed E-state index contributed by atoms with van der Waals surface area (Å²) >= 11 is -36.8. The van der Waals surface area contributed by atoms with Gasteiger partial charge in [-0.05, 0) is 0 Å². The Bertz CT molecular complexity index is 454. The summed E-state index contributed by atoms with van der Waals surface area (Å²) in [5.41, 5.74) is 0. The smallest absolute Gasteiger partial charge is 2.00 e. The Kier molecular flexibility index (Phi) is 261. The van der Waals surface area contributed by atoms with Crippen LogP contribution >= 0.6 is 0 Å². The first-order chi connectivity index (χ1) is 15.6. The van der Waals surface area contributed by atoms with Crippen molar-refractivity contribution in [2.75, 3.05) is 0 Å². The maximum absolute atomic E-state index is 8.58. The number of rotatable bonds is 0. The van der Waals surface area contributed by atoms with Crippen molar-refractivity contribution >= 4 is 34.7 Å². The average Bonchev–Trinajstić information content (AvgIpc) is 2.39. The fraction of sp³-hybridized carbons (Fsp3) is 0. The Balaban J connectivity index is -0.0000000121. The third kappa shape index (κ3) is 1800. The minimum absolute atomic E-state index is 0. The van der Waals surface area contributed by atoms with Crippen molar-refractivity contribution in [2.45, 2.75) is 0 Å². The summed E-state index contributed by atoms with van der Waals surface area (Å²) in [7, 11) is 0. The Labute approximate surface area is 395 Å². The molecule has 0 fully saturated rings. The van der Waals surface area contributed by atoms with E-state index < -0.39 is 168 Å². The van der Waals surface area contributed by atoms with Gasteiger partial charge in [-0.25, -0.2) is 0 Å². The molecule has 2 radical (unpaired) electrons. The van der Waals surface area contributed by atoms with Gasteiger partial charge in [0.2, 0.25) is 0 Å². The molecule has 0 saturated carbocycles. The Hall–Kier alpha value is 8.22. The van der Waals surface area contributed by atoms with Crippen LogP contribution in [0.15, 0.2) is 0 Å². The second-order valence-corrected chi connectivity index (χ2v) is 9.28. The zero-order valence-corrected chi connectivity index (χ0v) is 45.7. The minimum atomic E-state index is -4.08. The van der Waals surface area contributed by atoms with Crippen LogP contribution in [0, 0.1) is 0 Å². The molecule has 0 amide bonds. The van der Waals surface area contributed by atoms with E-state index in [1.54, 1.807) is 0 Å². The second-order valence-electron chi connectivity index (χ2n) is 2.25. The first-order valence-electron chi connectivity index (χ1n) is 5.51. The van der Waals surface area contributed by atoms with Gasteiger partial charge in [0.25, 0.3) is 0 Å². The molecule has 27 nitrogen and oxygen atoms in total. The van der Waals surface area contributed by atoms with Crippen molar-refractivity contribution in [1.29, 1.82) is 0 Å². The van der Waals surface area contributed by atoms with E-state index in [-0.39, 0.29) is 140 Å². The van der Waals surface area contributed by atoms with Gasteiger partial charge < -0.3 is 0 Å². The second kappa shape index (κ2) is 104. The van der Waals surface area contributed by atoms with Crippen LogP contribution in [-0.2, 0) is 303 Å². The van der Waals surface area contributed by atoms with E-state index in [2.05, 4.69) is 0 Å². The monoisotopic (exact) mass is 1280 g/mol. The Morgan fingerprint density at radius 2 is 0.227 bits per heavy atom. The third-order valence-corrected chi connectivity index (χ3v) is 0. The molecule has 0 aliphatic rings. The zero-order chi connectivity index (χ0) is 32.2. The van der Waals surface area contributed by atoms with Gasteiger partial charge in [0.1, 0.15) is 0 Å². The van der Waals surface area contributed by atoms with Gasteiger partial charge in [0.05, 0.1) is 0 Å². The van der Waals surface area contributed by atoms with Crippen LogP contribution < -0.4 is 66.4 Å². The molecule has 0 N–H and O–H groups in total. The maximum Gasteiger partial charge on any atom is 2.00 e. The quantitative estimate of drug-likeness (QED) is 0.203. The average molecular weight is 1280 g/mol. The van der Waals surface area contributed by atoms with E-state index in [1.807, 2.05) is 0 Å². The number of hydrogen-bond donors (Lipinski definition) is 0. The predicted octanol–water partition coefficient (Wildman–Crippen LogP) is -23.3. The summed E-state index contributed by atoms with van der Waals surface area (Å²) in [5, 5.41) is 0. The van der Waals surface area contributed by atoms with Crippen LogP contribution in [0.2, 0.25) is 0 Å². The Morgan fingerprint density at radius 1 is 0.227 bits per heavy atom. The van der Waals surface area contributed by atoms with Crippen molar-refractivity contribution in [3.63, 3.8) is 0 Å². The van der Waals surface area contributed by atoms with Crippen LogP contribution in [0.1, 0.15) is 0 Å². The van der Waals surface area contributed by atoms with Gasteiger partial charge in [0, 0.05) is 0 Å². The molecular formula is Al2Co2Ni2O27Ti9Zn2. The molecule has 0 bridgehead atoms. The molecule has 0 unspecified atom stereocenters. The fourth-order valence-electron chi connectivity index (χ4n) is 0. The summed E-state index contributed by atoms with van der Waals surface area (Å²) in [6.45, 7) is 0. The summed E-state index contributed by atoms with van der Waals surface area (Å²) in [6.07, 6.45) is 0. The molecule has 0 aromatic carbocycles. The molecule has 0 aromatic rings. The molecule has 44 heteroatoms. The predicted molar refractivity (Wildman–Crippen MR) is 17.7 cm³/mol. The standard InChI is InChI=1S/2Al.2Co.2Ni.27O.9Ti.2Zn/q2*+3;4*+2;;;;;;;;;;18*-1;;;;;;;;;;2*+2. The van der Waals surface area contributed by atoms with Gasteiger partial charge >= 0.3 is 404 Å². The summed E-state index contributed by atoms with van der Waals surface area (Å²) < 4.78 is 232. The molecule has 246 valence electrons. The van der Waals surface area contributed by atoms with Crippen LogP contribution in [-0.4, -0.2) is 34.7 Å². The van der Waals surface area contributed by atoms with Crippen molar-refractivity contribution in [2.24, 2.45) is 0 Å². The topological polar surface area (TPSA) is 569 Å². The van der Waals surface area contributed by atoms with Crippen molar-refractivity contribution < 1.29 is 369 Å². The van der Waals surface area contributed by atoms with E-state index in [1.165, 1.54) is 0 Å². The first kappa shape index (κ1) is 110. The molecule has 44 heavy (non-hydrogen) atoms.